The molecular weight excluding hydrogens is 382 g/mol. The van der Waals surface area contributed by atoms with Crippen molar-refractivity contribution in [1.82, 2.24) is 0 Å². The number of primary sulfonamides is 1. The lowest BCUT2D eigenvalue weighted by atomic mass is 10.1. The van der Waals surface area contributed by atoms with Crippen LogP contribution >= 0.6 is 11.6 Å². The largest absolute Gasteiger partial charge is 0.467 e. The molecule has 0 unspecified atom stereocenters. The van der Waals surface area contributed by atoms with Crippen LogP contribution in [0.2, 0.25) is 5.02 Å². The maximum absolute atomic E-state index is 11.9. The lowest BCUT2D eigenvalue weighted by Gasteiger charge is -2.12. The van der Waals surface area contributed by atoms with E-state index >= 15 is 0 Å². The standard InChI is InChI=1S/C12H10ClN3O8S/c13-9-5-10(15-6-7-2-1-3-22-7)8(4-11(9)25(14,20)21)12(17)23-24-16(18)19/h1-5,15H,6H2,(H2,14,20,21). The van der Waals surface area contributed by atoms with Crippen LogP contribution in [0.1, 0.15) is 16.1 Å². The minimum Gasteiger partial charge on any atom is -0.467 e. The Hall–Kier alpha value is -2.83. The molecule has 1 aromatic heterocycles. The SMILES string of the molecule is NS(=O)(=O)c1cc(C(=O)OO[N+](=O)[O-])c(NCc2ccco2)cc1Cl. The topological polar surface area (TPSA) is 164 Å². The highest BCUT2D eigenvalue weighted by atomic mass is 35.5. The van der Waals surface area contributed by atoms with Gasteiger partial charge < -0.3 is 9.73 Å². The van der Waals surface area contributed by atoms with E-state index < -0.39 is 31.5 Å². The van der Waals surface area contributed by atoms with E-state index in [4.69, 9.17) is 21.2 Å². The molecule has 0 aliphatic rings. The van der Waals surface area contributed by atoms with Crippen molar-refractivity contribution in [3.63, 3.8) is 0 Å². The maximum atomic E-state index is 11.9. The van der Waals surface area contributed by atoms with Crippen LogP contribution < -0.4 is 10.5 Å². The van der Waals surface area contributed by atoms with Crippen molar-refractivity contribution in [3.8, 4) is 0 Å². The first-order valence-corrected chi connectivity index (χ1v) is 8.27. The van der Waals surface area contributed by atoms with Gasteiger partial charge in [-0.05, 0) is 24.3 Å². The van der Waals surface area contributed by atoms with Gasteiger partial charge in [-0.1, -0.05) is 16.6 Å². The predicted molar refractivity (Wildman–Crippen MR) is 82.4 cm³/mol. The highest BCUT2D eigenvalue weighted by molar-refractivity contribution is 7.89. The van der Waals surface area contributed by atoms with E-state index in [1.165, 1.54) is 6.26 Å². The molecule has 134 valence electrons. The van der Waals surface area contributed by atoms with Crippen LogP contribution in [0.3, 0.4) is 0 Å². The van der Waals surface area contributed by atoms with Gasteiger partial charge in [0.25, 0.3) is 0 Å². The summed E-state index contributed by atoms with van der Waals surface area (Å²) in [6, 6.07) is 5.19. The number of furan rings is 1. The average Bonchev–Trinajstić information content (AvgIpc) is 3.02. The number of nitrogens with two attached hydrogens (primary N) is 1. The molecule has 1 heterocycles. The Kier molecular flexibility index (Phi) is 5.46. The summed E-state index contributed by atoms with van der Waals surface area (Å²) in [7, 11) is -4.26. The smallest absolute Gasteiger partial charge is 0.376 e. The fourth-order valence-electron chi connectivity index (χ4n) is 1.79. The van der Waals surface area contributed by atoms with Crippen LogP contribution in [0.25, 0.3) is 0 Å². The second-order valence-corrected chi connectivity index (χ2v) is 6.41. The van der Waals surface area contributed by atoms with E-state index in [0.717, 1.165) is 12.1 Å². The van der Waals surface area contributed by atoms with Crippen molar-refractivity contribution in [2.75, 3.05) is 5.32 Å². The second-order valence-electron chi connectivity index (χ2n) is 4.48. The highest BCUT2D eigenvalue weighted by Gasteiger charge is 2.23. The third kappa shape index (κ3) is 4.82. The van der Waals surface area contributed by atoms with Crippen molar-refractivity contribution in [1.29, 1.82) is 0 Å². The molecule has 13 heteroatoms. The molecule has 0 saturated heterocycles. The normalized spacial score (nSPS) is 11.0. The zero-order chi connectivity index (χ0) is 18.6. The summed E-state index contributed by atoms with van der Waals surface area (Å²) in [6.45, 7) is 0.106. The molecule has 2 rings (SSSR count). The van der Waals surface area contributed by atoms with Crippen LogP contribution in [-0.4, -0.2) is 19.5 Å². The van der Waals surface area contributed by atoms with Crippen LogP contribution in [0.5, 0.6) is 0 Å². The third-order valence-corrected chi connectivity index (χ3v) is 4.18. The van der Waals surface area contributed by atoms with Gasteiger partial charge in [0.15, 0.2) is 0 Å². The summed E-state index contributed by atoms with van der Waals surface area (Å²) in [6.07, 6.45) is 1.42. The Morgan fingerprint density at radius 3 is 2.72 bits per heavy atom. The molecule has 0 aliphatic carbocycles. The zero-order valence-corrected chi connectivity index (χ0v) is 13.7. The molecule has 0 fully saturated rings. The van der Waals surface area contributed by atoms with E-state index in [1.54, 1.807) is 12.1 Å². The van der Waals surface area contributed by atoms with Gasteiger partial charge in [0.05, 0.1) is 29.1 Å². The fraction of sp³-hybridized carbons (Fsp3) is 0.0833. The molecule has 3 N–H and O–H groups in total. The Balaban J connectivity index is 2.39. The Morgan fingerprint density at radius 1 is 1.44 bits per heavy atom. The number of sulfonamides is 1. The Morgan fingerprint density at radius 2 is 2.16 bits per heavy atom. The second kappa shape index (κ2) is 7.38. The molecule has 0 bridgehead atoms. The third-order valence-electron chi connectivity index (χ3n) is 2.81. The van der Waals surface area contributed by atoms with E-state index in [2.05, 4.69) is 15.2 Å². The number of anilines is 1. The molecule has 2 aromatic rings. The first kappa shape index (κ1) is 18.5. The summed E-state index contributed by atoms with van der Waals surface area (Å²) in [5.74, 6) is -0.840. The number of rotatable bonds is 7. The number of hydrogen-bond acceptors (Lipinski definition) is 9. The minimum absolute atomic E-state index is 0.0192. The number of nitrogens with one attached hydrogen (secondary N) is 1. The van der Waals surface area contributed by atoms with Crippen molar-refractivity contribution in [3.05, 3.63) is 57.0 Å². The van der Waals surface area contributed by atoms with Crippen molar-refractivity contribution in [2.45, 2.75) is 11.4 Å². The van der Waals surface area contributed by atoms with Crippen LogP contribution in [0, 0.1) is 10.1 Å². The van der Waals surface area contributed by atoms with Gasteiger partial charge in [-0.15, -0.1) is 10.1 Å². The Bertz CT molecular complexity index is 897. The molecule has 11 nitrogen and oxygen atoms in total. The fourth-order valence-corrected chi connectivity index (χ4v) is 2.89. The van der Waals surface area contributed by atoms with Crippen LogP contribution in [-0.2, 0) is 26.4 Å². The number of halogens is 1. The van der Waals surface area contributed by atoms with E-state index in [0.29, 0.717) is 5.76 Å². The van der Waals surface area contributed by atoms with E-state index in [1.807, 2.05) is 0 Å². The van der Waals surface area contributed by atoms with E-state index in [9.17, 15) is 23.3 Å². The highest BCUT2D eigenvalue weighted by Crippen LogP contribution is 2.29. The Labute approximate surface area is 145 Å². The first-order valence-electron chi connectivity index (χ1n) is 6.34. The van der Waals surface area contributed by atoms with Crippen LogP contribution in [0.15, 0.2) is 39.8 Å². The van der Waals surface area contributed by atoms with Gasteiger partial charge in [-0.2, -0.15) is 0 Å². The molecular formula is C12H10ClN3O8S. The van der Waals surface area contributed by atoms with Gasteiger partial charge in [0.2, 0.25) is 10.0 Å². The monoisotopic (exact) mass is 391 g/mol. The maximum Gasteiger partial charge on any atom is 0.376 e. The average molecular weight is 392 g/mol. The lowest BCUT2D eigenvalue weighted by Crippen LogP contribution is -2.17. The lowest BCUT2D eigenvalue weighted by molar-refractivity contribution is -0.839. The van der Waals surface area contributed by atoms with Gasteiger partial charge in [-0.3, -0.25) is 4.89 Å². The van der Waals surface area contributed by atoms with Crippen molar-refractivity contribution in [2.24, 2.45) is 5.14 Å². The molecule has 0 saturated carbocycles. The molecule has 0 radical (unpaired) electrons. The number of hydrogen-bond donors (Lipinski definition) is 2. The summed E-state index contributed by atoms with van der Waals surface area (Å²) in [4.78, 5) is 29.0. The first-order chi connectivity index (χ1) is 11.7. The summed E-state index contributed by atoms with van der Waals surface area (Å²) in [5.41, 5.74) is -0.382. The predicted octanol–water partition coefficient (Wildman–Crippen LogP) is 1.47. The quantitative estimate of drug-likeness (QED) is 0.403. The number of benzene rings is 1. The van der Waals surface area contributed by atoms with Gasteiger partial charge in [-0.25, -0.2) is 18.4 Å². The van der Waals surface area contributed by atoms with E-state index in [-0.39, 0.29) is 17.3 Å². The molecule has 0 aliphatic heterocycles. The summed E-state index contributed by atoms with van der Waals surface area (Å²) < 4.78 is 28.1. The van der Waals surface area contributed by atoms with Gasteiger partial charge >= 0.3 is 11.1 Å². The summed E-state index contributed by atoms with van der Waals surface area (Å²) >= 11 is 5.86. The molecule has 25 heavy (non-hydrogen) atoms. The number of carbonyl (C=O) groups is 1. The number of nitrogens with zero attached hydrogens (tertiary/aromatic N) is 1. The zero-order valence-electron chi connectivity index (χ0n) is 12.2. The van der Waals surface area contributed by atoms with Gasteiger partial charge in [0.1, 0.15) is 10.7 Å². The minimum atomic E-state index is -4.26. The molecule has 0 spiro atoms. The molecule has 0 amide bonds. The van der Waals surface area contributed by atoms with Crippen molar-refractivity contribution < 1.29 is 32.6 Å². The number of carbonyl (C=O) groups excluding carboxylic acids is 1. The molecule has 0 atom stereocenters. The molecule has 1 aromatic carbocycles. The van der Waals surface area contributed by atoms with Gasteiger partial charge in [0, 0.05) is 0 Å². The van der Waals surface area contributed by atoms with Crippen molar-refractivity contribution >= 4 is 33.3 Å². The van der Waals surface area contributed by atoms with Crippen LogP contribution in [0.4, 0.5) is 5.69 Å². The summed E-state index contributed by atoms with van der Waals surface area (Å²) in [5, 5.41) is 16.3.